The van der Waals surface area contributed by atoms with E-state index in [-0.39, 0.29) is 6.04 Å². The van der Waals surface area contributed by atoms with Crippen LogP contribution in [0.25, 0.3) is 0 Å². The van der Waals surface area contributed by atoms with Crippen LogP contribution in [0.1, 0.15) is 29.8 Å². The zero-order valence-corrected chi connectivity index (χ0v) is 11.0. The number of nitrogens with two attached hydrogens (primary N) is 1. The molecule has 94 valence electrons. The average Bonchev–Trinajstić information content (AvgIpc) is 2.36. The van der Waals surface area contributed by atoms with Crippen LogP contribution in [0.15, 0.2) is 36.5 Å². The number of nitrogens with zero attached hydrogens (tertiary/aromatic N) is 1. The van der Waals surface area contributed by atoms with Crippen LogP contribution in [0.2, 0.25) is 0 Å². The van der Waals surface area contributed by atoms with Crippen molar-refractivity contribution < 1.29 is 4.74 Å². The average molecular weight is 242 g/mol. The van der Waals surface area contributed by atoms with Crippen LogP contribution in [-0.2, 0) is 0 Å². The smallest absolute Gasteiger partial charge is 0.145 e. The maximum Gasteiger partial charge on any atom is 0.145 e. The van der Waals surface area contributed by atoms with Crippen molar-refractivity contribution in [2.75, 3.05) is 0 Å². The van der Waals surface area contributed by atoms with Gasteiger partial charge in [0.15, 0.2) is 0 Å². The number of hydrogen-bond donors (Lipinski definition) is 1. The third-order valence-corrected chi connectivity index (χ3v) is 3.01. The molecule has 1 aromatic carbocycles. The van der Waals surface area contributed by atoms with Gasteiger partial charge >= 0.3 is 0 Å². The van der Waals surface area contributed by atoms with Gasteiger partial charge in [-0.3, -0.25) is 4.98 Å². The number of ether oxygens (including phenoxy) is 1. The quantitative estimate of drug-likeness (QED) is 0.896. The van der Waals surface area contributed by atoms with Crippen molar-refractivity contribution in [2.45, 2.75) is 26.8 Å². The molecule has 1 heterocycles. The summed E-state index contributed by atoms with van der Waals surface area (Å²) in [4.78, 5) is 4.28. The van der Waals surface area contributed by atoms with Crippen molar-refractivity contribution in [1.82, 2.24) is 4.98 Å². The maximum absolute atomic E-state index is 5.82. The molecular weight excluding hydrogens is 224 g/mol. The number of pyridine rings is 1. The molecule has 0 fully saturated rings. The molecule has 0 saturated carbocycles. The molecule has 0 amide bonds. The predicted octanol–water partition coefficient (Wildman–Crippen LogP) is 3.51. The highest BCUT2D eigenvalue weighted by Gasteiger charge is 2.05. The van der Waals surface area contributed by atoms with Crippen molar-refractivity contribution in [3.05, 3.63) is 53.3 Å². The molecule has 18 heavy (non-hydrogen) atoms. The molecule has 0 aliphatic carbocycles. The van der Waals surface area contributed by atoms with Crippen LogP contribution in [0.3, 0.4) is 0 Å². The molecule has 0 radical (unpaired) electrons. The minimum atomic E-state index is -0.0558. The fraction of sp³-hybridized carbons (Fsp3) is 0.267. The molecule has 1 atom stereocenters. The summed E-state index contributed by atoms with van der Waals surface area (Å²) in [5, 5.41) is 0. The first-order valence-corrected chi connectivity index (χ1v) is 6.03. The SMILES string of the molecule is Cc1cccc(Oc2ccc([C@@H](C)N)nc2)c1C. The normalized spacial score (nSPS) is 12.2. The fourth-order valence-corrected chi connectivity index (χ4v) is 1.68. The molecule has 0 aliphatic rings. The third-order valence-electron chi connectivity index (χ3n) is 3.01. The van der Waals surface area contributed by atoms with Crippen LogP contribution in [0.5, 0.6) is 11.5 Å². The molecule has 2 N–H and O–H groups in total. The Morgan fingerprint density at radius 1 is 1.17 bits per heavy atom. The van der Waals surface area contributed by atoms with Crippen molar-refractivity contribution in [1.29, 1.82) is 0 Å². The summed E-state index contributed by atoms with van der Waals surface area (Å²) >= 11 is 0. The van der Waals surface area contributed by atoms with Gasteiger partial charge in [-0.05, 0) is 50.1 Å². The second kappa shape index (κ2) is 5.19. The fourth-order valence-electron chi connectivity index (χ4n) is 1.68. The van der Waals surface area contributed by atoms with E-state index in [0.29, 0.717) is 0 Å². The highest BCUT2D eigenvalue weighted by atomic mass is 16.5. The second-order valence-electron chi connectivity index (χ2n) is 4.51. The van der Waals surface area contributed by atoms with E-state index >= 15 is 0 Å². The Kier molecular flexibility index (Phi) is 3.63. The predicted molar refractivity (Wildman–Crippen MR) is 72.8 cm³/mol. The van der Waals surface area contributed by atoms with E-state index < -0.39 is 0 Å². The largest absolute Gasteiger partial charge is 0.455 e. The molecule has 0 unspecified atom stereocenters. The van der Waals surface area contributed by atoms with Crippen LogP contribution in [-0.4, -0.2) is 4.98 Å². The van der Waals surface area contributed by atoms with Gasteiger partial charge in [0.25, 0.3) is 0 Å². The monoisotopic (exact) mass is 242 g/mol. The molecule has 2 aromatic rings. The molecule has 2 rings (SSSR count). The molecule has 0 saturated heterocycles. The Bertz CT molecular complexity index is 533. The van der Waals surface area contributed by atoms with Gasteiger partial charge in [-0.1, -0.05) is 12.1 Å². The van der Waals surface area contributed by atoms with E-state index in [9.17, 15) is 0 Å². The molecule has 0 aliphatic heterocycles. The molecule has 3 nitrogen and oxygen atoms in total. The lowest BCUT2D eigenvalue weighted by molar-refractivity contribution is 0.475. The Hall–Kier alpha value is -1.87. The van der Waals surface area contributed by atoms with Crippen LogP contribution in [0.4, 0.5) is 0 Å². The van der Waals surface area contributed by atoms with E-state index in [4.69, 9.17) is 10.5 Å². The van der Waals surface area contributed by atoms with E-state index in [1.807, 2.05) is 31.2 Å². The molecule has 0 spiro atoms. The Balaban J connectivity index is 2.21. The van der Waals surface area contributed by atoms with Crippen LogP contribution >= 0.6 is 0 Å². The number of aromatic nitrogens is 1. The van der Waals surface area contributed by atoms with Gasteiger partial charge in [-0.15, -0.1) is 0 Å². The Morgan fingerprint density at radius 3 is 2.56 bits per heavy atom. The van der Waals surface area contributed by atoms with Gasteiger partial charge in [0.05, 0.1) is 11.9 Å². The topological polar surface area (TPSA) is 48.1 Å². The summed E-state index contributed by atoms with van der Waals surface area (Å²) in [7, 11) is 0. The van der Waals surface area contributed by atoms with Gasteiger partial charge in [0.2, 0.25) is 0 Å². The number of benzene rings is 1. The number of rotatable bonds is 3. The molecule has 3 heteroatoms. The lowest BCUT2D eigenvalue weighted by Crippen LogP contribution is -2.06. The summed E-state index contributed by atoms with van der Waals surface area (Å²) in [6, 6.07) is 9.75. The summed E-state index contributed by atoms with van der Waals surface area (Å²) in [5.41, 5.74) is 8.98. The van der Waals surface area contributed by atoms with Gasteiger partial charge in [0.1, 0.15) is 11.5 Å². The minimum absolute atomic E-state index is 0.0558. The highest BCUT2D eigenvalue weighted by molar-refractivity contribution is 5.41. The van der Waals surface area contributed by atoms with E-state index in [1.165, 1.54) is 5.56 Å². The van der Waals surface area contributed by atoms with Crippen LogP contribution in [0, 0.1) is 13.8 Å². The molecule has 0 bridgehead atoms. The van der Waals surface area contributed by atoms with Crippen LogP contribution < -0.4 is 10.5 Å². The van der Waals surface area contributed by atoms with Gasteiger partial charge < -0.3 is 10.5 Å². The van der Waals surface area contributed by atoms with Crippen molar-refractivity contribution in [2.24, 2.45) is 5.73 Å². The zero-order chi connectivity index (χ0) is 13.1. The van der Waals surface area contributed by atoms with Crippen molar-refractivity contribution >= 4 is 0 Å². The van der Waals surface area contributed by atoms with E-state index in [2.05, 4.69) is 24.9 Å². The van der Waals surface area contributed by atoms with Gasteiger partial charge in [0, 0.05) is 6.04 Å². The number of hydrogen-bond acceptors (Lipinski definition) is 3. The second-order valence-corrected chi connectivity index (χ2v) is 4.51. The standard InChI is InChI=1S/C15H18N2O/c1-10-5-4-6-15(11(10)2)18-13-7-8-14(12(3)16)17-9-13/h4-9,12H,16H2,1-3H3/t12-/m1/s1. The first-order chi connectivity index (χ1) is 8.58. The number of aryl methyl sites for hydroxylation is 1. The third kappa shape index (κ3) is 2.68. The summed E-state index contributed by atoms with van der Waals surface area (Å²) in [6.45, 7) is 6.03. The lowest BCUT2D eigenvalue weighted by atomic mass is 10.1. The summed E-state index contributed by atoms with van der Waals surface area (Å²) < 4.78 is 5.82. The first kappa shape index (κ1) is 12.6. The maximum atomic E-state index is 5.82. The molecular formula is C15H18N2O. The van der Waals surface area contributed by atoms with Gasteiger partial charge in [-0.2, -0.15) is 0 Å². The minimum Gasteiger partial charge on any atom is -0.455 e. The Labute approximate surface area is 108 Å². The zero-order valence-electron chi connectivity index (χ0n) is 11.0. The van der Waals surface area contributed by atoms with Gasteiger partial charge in [-0.25, -0.2) is 0 Å². The van der Waals surface area contributed by atoms with Crippen molar-refractivity contribution in [3.8, 4) is 11.5 Å². The highest BCUT2D eigenvalue weighted by Crippen LogP contribution is 2.26. The Morgan fingerprint density at radius 2 is 1.94 bits per heavy atom. The lowest BCUT2D eigenvalue weighted by Gasteiger charge is -2.11. The summed E-state index contributed by atoms with van der Waals surface area (Å²) in [5.74, 6) is 1.60. The van der Waals surface area contributed by atoms with E-state index in [0.717, 1.165) is 22.8 Å². The van der Waals surface area contributed by atoms with Crippen molar-refractivity contribution in [3.63, 3.8) is 0 Å². The first-order valence-electron chi connectivity index (χ1n) is 6.03. The van der Waals surface area contributed by atoms with E-state index in [1.54, 1.807) is 6.20 Å². The summed E-state index contributed by atoms with van der Waals surface area (Å²) in [6.07, 6.45) is 1.71. The molecule has 1 aromatic heterocycles.